The van der Waals surface area contributed by atoms with Crippen molar-refractivity contribution in [2.24, 2.45) is 0 Å². The van der Waals surface area contributed by atoms with E-state index in [0.29, 0.717) is 22.3 Å². The number of benzene rings is 2. The van der Waals surface area contributed by atoms with Crippen molar-refractivity contribution in [2.75, 3.05) is 27.8 Å². The van der Waals surface area contributed by atoms with E-state index in [-0.39, 0.29) is 55.0 Å². The highest BCUT2D eigenvalue weighted by molar-refractivity contribution is 6.16. The standard InChI is InChI=1S/C22H22O9/c1-28-10-30-18-4-3-13(9-16(18)23)15-8-14-5-12(7-19(25)26)6-17(24)20(14)21(27)22(15)31-11-29-2/h3-6,9,23-24H,7-8,10-11H2,1-2H3,(H,25,26). The molecule has 0 aromatic heterocycles. The second kappa shape index (κ2) is 9.50. The van der Waals surface area contributed by atoms with E-state index in [0.717, 1.165) is 0 Å². The van der Waals surface area contributed by atoms with Crippen LogP contribution in [-0.4, -0.2) is 54.9 Å². The van der Waals surface area contributed by atoms with Gasteiger partial charge in [0.15, 0.2) is 30.8 Å². The molecule has 9 nitrogen and oxygen atoms in total. The van der Waals surface area contributed by atoms with Crippen LogP contribution in [-0.2, 0) is 31.8 Å². The van der Waals surface area contributed by atoms with E-state index in [1.807, 2.05) is 0 Å². The Morgan fingerprint density at radius 3 is 2.35 bits per heavy atom. The number of methoxy groups -OCH3 is 2. The number of fused-ring (bicyclic) bond motifs is 1. The molecule has 164 valence electrons. The number of carboxylic acid groups (broad SMARTS) is 1. The van der Waals surface area contributed by atoms with Crippen LogP contribution < -0.4 is 4.74 Å². The lowest BCUT2D eigenvalue weighted by atomic mass is 9.84. The number of phenolic OH excluding ortho intramolecular Hbond substituents is 2. The van der Waals surface area contributed by atoms with E-state index in [2.05, 4.69) is 0 Å². The Bertz CT molecular complexity index is 1040. The summed E-state index contributed by atoms with van der Waals surface area (Å²) in [6, 6.07) is 7.44. The molecular formula is C22H22O9. The zero-order valence-corrected chi connectivity index (χ0v) is 17.0. The van der Waals surface area contributed by atoms with Gasteiger partial charge in [0.2, 0.25) is 5.78 Å². The molecule has 0 aliphatic heterocycles. The number of ketones is 1. The maximum atomic E-state index is 13.1. The van der Waals surface area contributed by atoms with E-state index in [9.17, 15) is 19.8 Å². The molecule has 3 N–H and O–H groups in total. The van der Waals surface area contributed by atoms with Crippen molar-refractivity contribution in [1.29, 1.82) is 0 Å². The Morgan fingerprint density at radius 1 is 1.00 bits per heavy atom. The average molecular weight is 430 g/mol. The van der Waals surface area contributed by atoms with Crippen molar-refractivity contribution < 1.29 is 43.9 Å². The molecule has 9 heteroatoms. The van der Waals surface area contributed by atoms with Gasteiger partial charge in [0.05, 0.1) is 12.0 Å². The summed E-state index contributed by atoms with van der Waals surface area (Å²) in [6.45, 7) is -0.242. The first-order valence-corrected chi connectivity index (χ1v) is 9.27. The van der Waals surface area contributed by atoms with E-state index in [1.165, 1.54) is 32.4 Å². The number of phenols is 2. The van der Waals surface area contributed by atoms with Gasteiger partial charge in [-0.05, 0) is 34.9 Å². The highest BCUT2D eigenvalue weighted by Crippen LogP contribution is 2.39. The number of hydrogen-bond donors (Lipinski definition) is 3. The minimum Gasteiger partial charge on any atom is -0.507 e. The monoisotopic (exact) mass is 430 g/mol. The number of ether oxygens (including phenoxy) is 4. The summed E-state index contributed by atoms with van der Waals surface area (Å²) in [5.74, 6) is -1.92. The number of carbonyl (C=O) groups is 2. The third-order valence-electron chi connectivity index (χ3n) is 4.65. The second-order valence-corrected chi connectivity index (χ2v) is 6.82. The van der Waals surface area contributed by atoms with Crippen molar-refractivity contribution >= 4 is 17.3 Å². The molecule has 1 aliphatic carbocycles. The number of aliphatic carboxylic acids is 1. The van der Waals surface area contributed by atoms with Crippen LogP contribution in [0.15, 0.2) is 36.1 Å². The molecule has 31 heavy (non-hydrogen) atoms. The number of Topliss-reactive ketones (excluding diaryl/α,β-unsaturated/α-hetero) is 1. The molecule has 1 aliphatic rings. The smallest absolute Gasteiger partial charge is 0.307 e. The molecule has 2 aromatic carbocycles. The van der Waals surface area contributed by atoms with Crippen LogP contribution in [0.2, 0.25) is 0 Å². The summed E-state index contributed by atoms with van der Waals surface area (Å²) in [5, 5.41) is 29.8. The summed E-state index contributed by atoms with van der Waals surface area (Å²) >= 11 is 0. The largest absolute Gasteiger partial charge is 0.507 e. The van der Waals surface area contributed by atoms with Crippen molar-refractivity contribution in [2.45, 2.75) is 12.8 Å². The summed E-state index contributed by atoms with van der Waals surface area (Å²) < 4.78 is 20.5. The molecule has 0 heterocycles. The molecule has 0 unspecified atom stereocenters. The predicted octanol–water partition coefficient (Wildman–Crippen LogP) is 2.48. The molecule has 0 bridgehead atoms. The van der Waals surface area contributed by atoms with Crippen LogP contribution in [0.1, 0.15) is 27.0 Å². The first-order valence-electron chi connectivity index (χ1n) is 9.27. The van der Waals surface area contributed by atoms with Crippen LogP contribution in [0.5, 0.6) is 17.2 Å². The summed E-state index contributed by atoms with van der Waals surface area (Å²) in [5.41, 5.74) is 1.82. The lowest BCUT2D eigenvalue weighted by Crippen LogP contribution is -2.20. The molecular weight excluding hydrogens is 408 g/mol. The fraction of sp³-hybridized carbons (Fsp3) is 0.273. The molecule has 0 radical (unpaired) electrons. The Balaban J connectivity index is 2.07. The fourth-order valence-corrected chi connectivity index (χ4v) is 3.40. The van der Waals surface area contributed by atoms with Gasteiger partial charge in [0, 0.05) is 26.2 Å². The summed E-state index contributed by atoms with van der Waals surface area (Å²) in [4.78, 5) is 24.2. The zero-order chi connectivity index (χ0) is 22.5. The number of aromatic hydroxyl groups is 2. The molecule has 3 rings (SSSR count). The van der Waals surface area contributed by atoms with Gasteiger partial charge >= 0.3 is 5.97 Å². The molecule has 0 saturated carbocycles. The number of rotatable bonds is 9. The van der Waals surface area contributed by atoms with Crippen molar-refractivity contribution in [3.63, 3.8) is 0 Å². The van der Waals surface area contributed by atoms with Crippen molar-refractivity contribution in [1.82, 2.24) is 0 Å². The number of hydrogen-bond acceptors (Lipinski definition) is 8. The predicted molar refractivity (Wildman–Crippen MR) is 108 cm³/mol. The Morgan fingerprint density at radius 2 is 1.71 bits per heavy atom. The number of carboxylic acids is 1. The molecule has 0 atom stereocenters. The summed E-state index contributed by atoms with van der Waals surface area (Å²) in [7, 11) is 2.86. The molecule has 0 spiro atoms. The minimum absolute atomic E-state index is 0.0272. The van der Waals surface area contributed by atoms with Crippen molar-refractivity contribution in [3.8, 4) is 17.2 Å². The Labute approximate surface area is 178 Å². The van der Waals surface area contributed by atoms with Crippen LogP contribution in [0.4, 0.5) is 0 Å². The SMILES string of the molecule is COCOC1=C(c2ccc(OCOC)c(O)c2)Cc2cc(CC(=O)O)cc(O)c2C1=O. The van der Waals surface area contributed by atoms with Gasteiger partial charge < -0.3 is 34.3 Å². The average Bonchev–Trinajstić information content (AvgIpc) is 2.71. The zero-order valence-electron chi connectivity index (χ0n) is 17.0. The van der Waals surface area contributed by atoms with Crippen LogP contribution >= 0.6 is 0 Å². The molecule has 0 amide bonds. The fourth-order valence-electron chi connectivity index (χ4n) is 3.40. The normalized spacial score (nSPS) is 13.2. The summed E-state index contributed by atoms with van der Waals surface area (Å²) in [6.07, 6.45) is -0.133. The first kappa shape index (κ1) is 22.1. The quantitative estimate of drug-likeness (QED) is 0.513. The molecule has 0 saturated heterocycles. The van der Waals surface area contributed by atoms with E-state index >= 15 is 0 Å². The number of carbonyl (C=O) groups excluding carboxylic acids is 1. The topological polar surface area (TPSA) is 132 Å². The van der Waals surface area contributed by atoms with Gasteiger partial charge in [0.25, 0.3) is 0 Å². The lowest BCUT2D eigenvalue weighted by Gasteiger charge is -2.24. The minimum atomic E-state index is -1.06. The third-order valence-corrected chi connectivity index (χ3v) is 4.65. The third kappa shape index (κ3) is 4.79. The highest BCUT2D eigenvalue weighted by Gasteiger charge is 2.32. The highest BCUT2D eigenvalue weighted by atomic mass is 16.7. The van der Waals surface area contributed by atoms with Gasteiger partial charge in [-0.15, -0.1) is 0 Å². The van der Waals surface area contributed by atoms with Gasteiger partial charge in [-0.3, -0.25) is 9.59 Å². The van der Waals surface area contributed by atoms with E-state index in [1.54, 1.807) is 12.1 Å². The maximum absolute atomic E-state index is 13.1. The van der Waals surface area contributed by atoms with Gasteiger partial charge in [-0.1, -0.05) is 12.1 Å². The molecule has 0 fully saturated rings. The van der Waals surface area contributed by atoms with E-state index in [4.69, 9.17) is 24.1 Å². The maximum Gasteiger partial charge on any atom is 0.307 e. The number of allylic oxidation sites excluding steroid dienone is 2. The molecule has 2 aromatic rings. The van der Waals surface area contributed by atoms with Gasteiger partial charge in [-0.25, -0.2) is 0 Å². The van der Waals surface area contributed by atoms with Gasteiger partial charge in [-0.2, -0.15) is 0 Å². The van der Waals surface area contributed by atoms with E-state index < -0.39 is 11.8 Å². The van der Waals surface area contributed by atoms with Gasteiger partial charge in [0.1, 0.15) is 5.75 Å². The first-order chi connectivity index (χ1) is 14.8. The Hall–Kier alpha value is -3.56. The second-order valence-electron chi connectivity index (χ2n) is 6.82. The lowest BCUT2D eigenvalue weighted by molar-refractivity contribution is -0.136. The Kier molecular flexibility index (Phi) is 6.78. The van der Waals surface area contributed by atoms with Crippen molar-refractivity contribution in [3.05, 3.63) is 58.3 Å². The van der Waals surface area contributed by atoms with Crippen LogP contribution in [0.25, 0.3) is 5.57 Å². The van der Waals surface area contributed by atoms with Crippen LogP contribution in [0, 0.1) is 0 Å². The van der Waals surface area contributed by atoms with Crippen LogP contribution in [0.3, 0.4) is 0 Å².